The van der Waals surface area contributed by atoms with Crippen LogP contribution >= 0.6 is 0 Å². The van der Waals surface area contributed by atoms with Crippen molar-refractivity contribution in [3.63, 3.8) is 0 Å². The highest BCUT2D eigenvalue weighted by molar-refractivity contribution is 5.19. The van der Waals surface area contributed by atoms with Crippen LogP contribution in [0.4, 0.5) is 0 Å². The van der Waals surface area contributed by atoms with Gasteiger partial charge >= 0.3 is 0 Å². The third-order valence-corrected chi connectivity index (χ3v) is 4.17. The van der Waals surface area contributed by atoms with Crippen molar-refractivity contribution in [3.8, 4) is 0 Å². The van der Waals surface area contributed by atoms with Crippen molar-refractivity contribution in [2.45, 2.75) is 26.4 Å². The lowest BCUT2D eigenvalue weighted by Gasteiger charge is -2.30. The number of benzene rings is 1. The predicted octanol–water partition coefficient (Wildman–Crippen LogP) is 1.73. The fourth-order valence-electron chi connectivity index (χ4n) is 2.87. The zero-order chi connectivity index (χ0) is 16.8. The molecular formula is C18H24N4O2. The van der Waals surface area contributed by atoms with Gasteiger partial charge in [-0.25, -0.2) is 5.43 Å². The fraction of sp³-hybridized carbons (Fsp3) is 0.389. The van der Waals surface area contributed by atoms with E-state index >= 15 is 0 Å². The molecule has 3 N–H and O–H groups in total. The summed E-state index contributed by atoms with van der Waals surface area (Å²) in [5.41, 5.74) is 10.8. The van der Waals surface area contributed by atoms with Crippen LogP contribution in [0.25, 0.3) is 0 Å². The van der Waals surface area contributed by atoms with Crippen LogP contribution in [0.1, 0.15) is 23.4 Å². The summed E-state index contributed by atoms with van der Waals surface area (Å²) in [5, 5.41) is 13.6. The molecular weight excluding hydrogens is 304 g/mol. The Bertz CT molecular complexity index is 681. The summed E-state index contributed by atoms with van der Waals surface area (Å²) in [4.78, 5) is 2.29. The predicted molar refractivity (Wildman–Crippen MR) is 91.7 cm³/mol. The number of rotatable bonds is 7. The van der Waals surface area contributed by atoms with Gasteiger partial charge in [0.25, 0.3) is 0 Å². The lowest BCUT2D eigenvalue weighted by molar-refractivity contribution is 0.240. The first-order chi connectivity index (χ1) is 11.7. The summed E-state index contributed by atoms with van der Waals surface area (Å²) in [7, 11) is 0. The Morgan fingerprint density at radius 3 is 2.83 bits per heavy atom. The van der Waals surface area contributed by atoms with Crippen LogP contribution in [0.15, 0.2) is 52.2 Å². The molecule has 0 spiro atoms. The van der Waals surface area contributed by atoms with Gasteiger partial charge in [-0.05, 0) is 24.5 Å². The van der Waals surface area contributed by atoms with Crippen LogP contribution in [-0.2, 0) is 13.1 Å². The van der Waals surface area contributed by atoms with Gasteiger partial charge in [0.2, 0.25) is 0 Å². The molecule has 2 heterocycles. The Morgan fingerprint density at radius 1 is 1.29 bits per heavy atom. The molecule has 0 unspecified atom stereocenters. The molecule has 1 aromatic carbocycles. The zero-order valence-corrected chi connectivity index (χ0v) is 14.0. The molecule has 0 aliphatic carbocycles. The second-order valence-electron chi connectivity index (χ2n) is 6.09. The lowest BCUT2D eigenvalue weighted by Crippen LogP contribution is -2.41. The number of aliphatic hydroxyl groups excluding tert-OH is 1. The molecule has 1 aromatic heterocycles. The van der Waals surface area contributed by atoms with E-state index in [0.29, 0.717) is 0 Å². The third kappa shape index (κ3) is 4.44. The average molecular weight is 328 g/mol. The summed E-state index contributed by atoms with van der Waals surface area (Å²) in [6, 6.07) is 12.2. The van der Waals surface area contributed by atoms with Gasteiger partial charge < -0.3 is 15.1 Å². The number of nitrogens with one attached hydrogen (secondary N) is 2. The van der Waals surface area contributed by atoms with E-state index in [2.05, 4.69) is 33.0 Å². The molecule has 3 rings (SSSR count). The monoisotopic (exact) mass is 328 g/mol. The molecule has 2 aromatic rings. The maximum Gasteiger partial charge on any atom is 0.133 e. The van der Waals surface area contributed by atoms with E-state index in [1.807, 2.05) is 31.2 Å². The molecule has 6 nitrogen and oxygen atoms in total. The SMILES string of the molecule is Cc1cc(CN2CCC(CO)=C(NNCc3ccccc3)C2)no1. The van der Waals surface area contributed by atoms with Crippen LogP contribution in [0.3, 0.4) is 0 Å². The zero-order valence-electron chi connectivity index (χ0n) is 14.0. The molecule has 0 radical (unpaired) electrons. The van der Waals surface area contributed by atoms with Crippen molar-refractivity contribution < 1.29 is 9.63 Å². The number of aliphatic hydroxyl groups is 1. The van der Waals surface area contributed by atoms with Crippen LogP contribution in [0, 0.1) is 6.92 Å². The normalized spacial score (nSPS) is 15.8. The Labute approximate surface area is 142 Å². The van der Waals surface area contributed by atoms with Gasteiger partial charge in [-0.3, -0.25) is 4.90 Å². The molecule has 0 atom stereocenters. The minimum atomic E-state index is 0.0895. The molecule has 0 amide bonds. The van der Waals surface area contributed by atoms with Crippen molar-refractivity contribution in [3.05, 3.63) is 64.7 Å². The van der Waals surface area contributed by atoms with E-state index in [9.17, 15) is 5.11 Å². The van der Waals surface area contributed by atoms with Gasteiger partial charge in [0.1, 0.15) is 5.76 Å². The Kier molecular flexibility index (Phi) is 5.63. The highest BCUT2D eigenvalue weighted by Crippen LogP contribution is 2.17. The van der Waals surface area contributed by atoms with E-state index in [4.69, 9.17) is 4.52 Å². The standard InChI is InChI=1S/C18H24N4O2/c1-14-9-17(21-24-14)11-22-8-7-16(13-23)18(12-22)20-19-10-15-5-3-2-4-6-15/h2-6,9,19-20,23H,7-8,10-13H2,1H3. The average Bonchev–Trinajstić information content (AvgIpc) is 3.01. The van der Waals surface area contributed by atoms with Gasteiger partial charge in [-0.1, -0.05) is 35.5 Å². The summed E-state index contributed by atoms with van der Waals surface area (Å²) in [6.45, 7) is 5.13. The smallest absolute Gasteiger partial charge is 0.133 e. The summed E-state index contributed by atoms with van der Waals surface area (Å²) in [5.74, 6) is 0.830. The second-order valence-corrected chi connectivity index (χ2v) is 6.09. The largest absolute Gasteiger partial charge is 0.392 e. The first-order valence-corrected chi connectivity index (χ1v) is 8.23. The molecule has 1 aliphatic heterocycles. The Morgan fingerprint density at radius 2 is 2.12 bits per heavy atom. The van der Waals surface area contributed by atoms with Crippen LogP contribution in [0.2, 0.25) is 0 Å². The summed E-state index contributed by atoms with van der Waals surface area (Å²) >= 11 is 0. The first-order valence-electron chi connectivity index (χ1n) is 8.23. The third-order valence-electron chi connectivity index (χ3n) is 4.17. The van der Waals surface area contributed by atoms with Crippen LogP contribution in [-0.4, -0.2) is 34.9 Å². The molecule has 0 bridgehead atoms. The quantitative estimate of drug-likeness (QED) is 0.672. The highest BCUT2D eigenvalue weighted by Gasteiger charge is 2.19. The lowest BCUT2D eigenvalue weighted by atomic mass is 10.1. The first kappa shape index (κ1) is 16.7. The Balaban J connectivity index is 1.56. The number of hydrogen-bond donors (Lipinski definition) is 3. The second kappa shape index (κ2) is 8.10. The highest BCUT2D eigenvalue weighted by atomic mass is 16.5. The molecule has 0 saturated carbocycles. The van der Waals surface area contributed by atoms with Gasteiger partial charge in [0.15, 0.2) is 0 Å². The summed E-state index contributed by atoms with van der Waals surface area (Å²) in [6.07, 6.45) is 0.850. The number of aromatic nitrogens is 1. The van der Waals surface area contributed by atoms with Crippen molar-refractivity contribution in [1.29, 1.82) is 0 Å². The molecule has 0 saturated heterocycles. The van der Waals surface area contributed by atoms with E-state index < -0.39 is 0 Å². The maximum atomic E-state index is 9.59. The van der Waals surface area contributed by atoms with Crippen LogP contribution < -0.4 is 10.9 Å². The van der Waals surface area contributed by atoms with Gasteiger partial charge in [-0.15, -0.1) is 0 Å². The minimum absolute atomic E-state index is 0.0895. The molecule has 24 heavy (non-hydrogen) atoms. The number of hydrazine groups is 1. The molecule has 6 heteroatoms. The van der Waals surface area contributed by atoms with E-state index in [0.717, 1.165) is 55.3 Å². The van der Waals surface area contributed by atoms with Crippen molar-refractivity contribution in [2.75, 3.05) is 19.7 Å². The minimum Gasteiger partial charge on any atom is -0.392 e. The van der Waals surface area contributed by atoms with Crippen molar-refractivity contribution in [2.24, 2.45) is 0 Å². The number of nitrogens with zero attached hydrogens (tertiary/aromatic N) is 2. The van der Waals surface area contributed by atoms with Crippen LogP contribution in [0.5, 0.6) is 0 Å². The molecule has 128 valence electrons. The van der Waals surface area contributed by atoms with E-state index in [1.54, 1.807) is 0 Å². The summed E-state index contributed by atoms with van der Waals surface area (Å²) < 4.78 is 5.13. The number of hydrogen-bond acceptors (Lipinski definition) is 6. The van der Waals surface area contributed by atoms with Gasteiger partial charge in [0.05, 0.1) is 12.3 Å². The Hall–Kier alpha value is -2.15. The van der Waals surface area contributed by atoms with E-state index in [-0.39, 0.29) is 6.61 Å². The van der Waals surface area contributed by atoms with Gasteiger partial charge in [-0.2, -0.15) is 0 Å². The molecule has 0 fully saturated rings. The van der Waals surface area contributed by atoms with Crippen molar-refractivity contribution >= 4 is 0 Å². The van der Waals surface area contributed by atoms with Crippen molar-refractivity contribution in [1.82, 2.24) is 20.9 Å². The molecule has 1 aliphatic rings. The maximum absolute atomic E-state index is 9.59. The topological polar surface area (TPSA) is 73.6 Å². The van der Waals surface area contributed by atoms with Gasteiger partial charge in [0, 0.05) is 37.9 Å². The van der Waals surface area contributed by atoms with E-state index in [1.165, 1.54) is 5.56 Å². The fourth-order valence-corrected chi connectivity index (χ4v) is 2.87. The number of aryl methyl sites for hydroxylation is 1.